The predicted molar refractivity (Wildman–Crippen MR) is 110 cm³/mol. The van der Waals surface area contributed by atoms with Crippen LogP contribution < -0.4 is 21.3 Å². The van der Waals surface area contributed by atoms with Crippen molar-refractivity contribution in [2.45, 2.75) is 18.9 Å². The molecular formula is C19H22N8O4. The molecule has 2 fully saturated rings. The number of methoxy groups -OCH3 is 1. The molecule has 0 aromatic carbocycles. The Hall–Kier alpha value is -3.83. The van der Waals surface area contributed by atoms with Gasteiger partial charge < -0.3 is 24.6 Å². The molecule has 12 heteroatoms. The van der Waals surface area contributed by atoms with Gasteiger partial charge in [-0.05, 0) is 18.9 Å². The molecule has 4 heterocycles. The first-order valence-corrected chi connectivity index (χ1v) is 10.1. The van der Waals surface area contributed by atoms with E-state index in [-0.39, 0.29) is 23.7 Å². The highest BCUT2D eigenvalue weighted by Crippen LogP contribution is 2.22. The maximum absolute atomic E-state index is 11.8. The van der Waals surface area contributed by atoms with Crippen molar-refractivity contribution < 1.29 is 14.6 Å². The summed E-state index contributed by atoms with van der Waals surface area (Å²) in [5.74, 6) is 0.487. The lowest BCUT2D eigenvalue weighted by molar-refractivity contribution is 0.121. The molecule has 0 bridgehead atoms. The van der Waals surface area contributed by atoms with E-state index in [0.717, 1.165) is 18.7 Å². The van der Waals surface area contributed by atoms with Crippen molar-refractivity contribution >= 4 is 23.6 Å². The second-order valence-corrected chi connectivity index (χ2v) is 7.60. The molecule has 3 N–H and O–H groups in total. The van der Waals surface area contributed by atoms with Gasteiger partial charge in [-0.3, -0.25) is 9.98 Å². The minimum atomic E-state index is -0.498. The first-order chi connectivity index (χ1) is 15.0. The molecule has 5 rings (SSSR count). The van der Waals surface area contributed by atoms with E-state index in [1.165, 1.54) is 7.11 Å². The van der Waals surface area contributed by atoms with Gasteiger partial charge in [0, 0.05) is 37.5 Å². The Morgan fingerprint density at radius 3 is 2.71 bits per heavy atom. The van der Waals surface area contributed by atoms with E-state index in [9.17, 15) is 14.7 Å². The smallest absolute Gasteiger partial charge is 0.409 e. The van der Waals surface area contributed by atoms with Crippen LogP contribution in [0.3, 0.4) is 0 Å². The van der Waals surface area contributed by atoms with Crippen molar-refractivity contribution in [3.63, 3.8) is 0 Å². The SMILES string of the molecule is COC(=O)N1CCN(c2cc(=NC3CC3)n3nc/c(=C/c4[nH]c(=O)[nH]c4O)c3n2)CC1. The zero-order chi connectivity index (χ0) is 21.5. The summed E-state index contributed by atoms with van der Waals surface area (Å²) < 4.78 is 6.47. The van der Waals surface area contributed by atoms with Gasteiger partial charge in [-0.15, -0.1) is 0 Å². The average molecular weight is 426 g/mol. The largest absolute Gasteiger partial charge is 0.493 e. The molecule has 1 aliphatic carbocycles. The Bertz CT molecular complexity index is 1310. The number of aromatic amines is 2. The summed E-state index contributed by atoms with van der Waals surface area (Å²) in [5.41, 5.74) is 1.01. The van der Waals surface area contributed by atoms with Crippen LogP contribution in [0.1, 0.15) is 18.5 Å². The summed E-state index contributed by atoms with van der Waals surface area (Å²) in [6.07, 6.45) is 5.01. The minimum absolute atomic E-state index is 0.248. The molecule has 1 saturated heterocycles. The van der Waals surface area contributed by atoms with Crippen LogP contribution in [0, 0.1) is 0 Å². The standard InChI is InChI=1S/C19H22N8O4/c1-31-19(30)26-6-4-25(5-7-26)14-9-15(21-12-2-3-12)27-16(23-14)11(10-20-27)8-13-17(28)24-18(29)22-13/h8-10,12,28H,2-7H2,1H3,(H2,22,24,29)/b11-8-,21-15?. The van der Waals surface area contributed by atoms with E-state index in [4.69, 9.17) is 14.7 Å². The summed E-state index contributed by atoms with van der Waals surface area (Å²) in [5, 5.41) is 15.0. The van der Waals surface area contributed by atoms with Crippen LogP contribution in [0.5, 0.6) is 5.88 Å². The van der Waals surface area contributed by atoms with Crippen molar-refractivity contribution in [2.24, 2.45) is 4.99 Å². The fourth-order valence-corrected chi connectivity index (χ4v) is 3.59. The summed E-state index contributed by atoms with van der Waals surface area (Å²) in [6, 6.07) is 2.20. The number of imidazole rings is 1. The Labute approximate surface area is 175 Å². The number of hydrogen-bond acceptors (Lipinski definition) is 8. The van der Waals surface area contributed by atoms with Crippen LogP contribution in [0.2, 0.25) is 0 Å². The normalized spacial score (nSPS) is 18.2. The monoisotopic (exact) mass is 426 g/mol. The number of H-pyrrole nitrogens is 2. The van der Waals surface area contributed by atoms with Crippen molar-refractivity contribution in [3.05, 3.63) is 39.1 Å². The number of nitrogens with zero attached hydrogens (tertiary/aromatic N) is 6. The van der Waals surface area contributed by atoms with Crippen molar-refractivity contribution in [1.82, 2.24) is 29.5 Å². The molecule has 31 heavy (non-hydrogen) atoms. The zero-order valence-corrected chi connectivity index (χ0v) is 16.9. The molecule has 162 valence electrons. The Balaban J connectivity index is 1.57. The van der Waals surface area contributed by atoms with E-state index in [1.54, 1.807) is 21.7 Å². The third kappa shape index (κ3) is 3.71. The molecular weight excluding hydrogens is 404 g/mol. The molecule has 3 aromatic rings. The number of ether oxygens (including phenoxy) is 1. The van der Waals surface area contributed by atoms with E-state index in [0.29, 0.717) is 42.5 Å². The van der Waals surface area contributed by atoms with Gasteiger partial charge in [0.15, 0.2) is 11.1 Å². The summed E-state index contributed by atoms with van der Waals surface area (Å²) in [6.45, 7) is 2.29. The second-order valence-electron chi connectivity index (χ2n) is 7.60. The molecule has 0 atom stereocenters. The highest BCUT2D eigenvalue weighted by molar-refractivity contribution is 5.68. The fraction of sp³-hybridized carbons (Fsp3) is 0.421. The molecule has 1 aliphatic heterocycles. The highest BCUT2D eigenvalue weighted by Gasteiger charge is 2.24. The van der Waals surface area contributed by atoms with Crippen molar-refractivity contribution in [2.75, 3.05) is 38.2 Å². The zero-order valence-electron chi connectivity index (χ0n) is 16.9. The van der Waals surface area contributed by atoms with Crippen LogP contribution in [0.25, 0.3) is 11.7 Å². The maximum atomic E-state index is 11.8. The summed E-state index contributed by atoms with van der Waals surface area (Å²) in [7, 11) is 1.38. The first kappa shape index (κ1) is 19.2. The molecule has 0 radical (unpaired) electrons. The number of hydrogen-bond donors (Lipinski definition) is 3. The number of rotatable bonds is 3. The summed E-state index contributed by atoms with van der Waals surface area (Å²) in [4.78, 5) is 41.4. The first-order valence-electron chi connectivity index (χ1n) is 10.1. The average Bonchev–Trinajstić information content (AvgIpc) is 3.41. The predicted octanol–water partition coefficient (Wildman–Crippen LogP) is -1.05. The lowest BCUT2D eigenvalue weighted by atomic mass is 10.3. The third-order valence-electron chi connectivity index (χ3n) is 5.40. The minimum Gasteiger partial charge on any atom is -0.493 e. The van der Waals surface area contributed by atoms with Gasteiger partial charge in [-0.2, -0.15) is 9.61 Å². The number of carbonyl (C=O) groups is 1. The van der Waals surface area contributed by atoms with Crippen LogP contribution in [-0.4, -0.2) is 80.0 Å². The van der Waals surface area contributed by atoms with Crippen molar-refractivity contribution in [3.8, 4) is 5.88 Å². The van der Waals surface area contributed by atoms with Crippen molar-refractivity contribution in [1.29, 1.82) is 0 Å². The van der Waals surface area contributed by atoms with Gasteiger partial charge in [0.2, 0.25) is 5.88 Å². The van der Waals surface area contributed by atoms with Gasteiger partial charge in [-0.25, -0.2) is 14.6 Å². The van der Waals surface area contributed by atoms with Crippen LogP contribution in [0.15, 0.2) is 22.1 Å². The fourth-order valence-electron chi connectivity index (χ4n) is 3.59. The molecule has 12 nitrogen and oxygen atoms in total. The number of carbonyl (C=O) groups excluding carboxylic acids is 1. The van der Waals surface area contributed by atoms with Gasteiger partial charge in [0.1, 0.15) is 11.5 Å². The Morgan fingerprint density at radius 2 is 2.06 bits per heavy atom. The lowest BCUT2D eigenvalue weighted by Gasteiger charge is -2.34. The lowest BCUT2D eigenvalue weighted by Crippen LogP contribution is -2.49. The molecule has 2 aliphatic rings. The topological polar surface area (TPSA) is 144 Å². The number of aromatic hydroxyl groups is 1. The molecule has 0 unspecified atom stereocenters. The van der Waals surface area contributed by atoms with Gasteiger partial charge >= 0.3 is 11.8 Å². The Kier molecular flexibility index (Phi) is 4.60. The third-order valence-corrected chi connectivity index (χ3v) is 5.40. The van der Waals surface area contributed by atoms with E-state index in [2.05, 4.69) is 20.0 Å². The molecule has 1 amide bonds. The number of piperazine rings is 1. The molecule has 3 aromatic heterocycles. The number of fused-ring (bicyclic) bond motifs is 1. The van der Waals surface area contributed by atoms with E-state index < -0.39 is 5.69 Å². The second kappa shape index (κ2) is 7.45. The summed E-state index contributed by atoms with van der Waals surface area (Å²) >= 11 is 0. The van der Waals surface area contributed by atoms with Crippen LogP contribution in [-0.2, 0) is 4.74 Å². The quantitative estimate of drug-likeness (QED) is 0.485. The molecule has 0 spiro atoms. The number of amides is 1. The maximum Gasteiger partial charge on any atom is 0.409 e. The molecule has 1 saturated carbocycles. The number of aromatic nitrogens is 5. The van der Waals surface area contributed by atoms with E-state index in [1.807, 2.05) is 6.07 Å². The van der Waals surface area contributed by atoms with Crippen LogP contribution >= 0.6 is 0 Å². The van der Waals surface area contributed by atoms with Gasteiger partial charge in [-0.1, -0.05) is 0 Å². The number of nitrogens with one attached hydrogen (secondary N) is 2. The van der Waals surface area contributed by atoms with Crippen LogP contribution in [0.4, 0.5) is 10.6 Å². The van der Waals surface area contributed by atoms with E-state index >= 15 is 0 Å². The van der Waals surface area contributed by atoms with Gasteiger partial charge in [0.25, 0.3) is 0 Å². The number of anilines is 1. The van der Waals surface area contributed by atoms with Gasteiger partial charge in [0.05, 0.1) is 19.3 Å². The highest BCUT2D eigenvalue weighted by atomic mass is 16.5. The Morgan fingerprint density at radius 1 is 1.29 bits per heavy atom.